The normalized spacial score (nSPS) is 30.4. The van der Waals surface area contributed by atoms with Crippen LogP contribution in [0.3, 0.4) is 0 Å². The lowest BCUT2D eigenvalue weighted by atomic mass is 9.65. The van der Waals surface area contributed by atoms with Crippen molar-refractivity contribution in [1.29, 1.82) is 0 Å². The predicted octanol–water partition coefficient (Wildman–Crippen LogP) is 4.03. The average molecular weight is 385 g/mol. The molecule has 2 atom stereocenters. The molecule has 2 N–H and O–H groups in total. The maximum absolute atomic E-state index is 14.0. The van der Waals surface area contributed by atoms with E-state index in [4.69, 9.17) is 5.73 Å². The van der Waals surface area contributed by atoms with Crippen LogP contribution in [0.15, 0.2) is 18.2 Å². The van der Waals surface area contributed by atoms with Crippen molar-refractivity contribution in [3.05, 3.63) is 35.4 Å². The first-order valence-electron chi connectivity index (χ1n) is 9.53. The number of hydrogen-bond donors (Lipinski definition) is 1. The Labute approximate surface area is 159 Å². The molecule has 2 bridgehead atoms. The molecule has 1 aromatic carbocycles. The number of carbonyl (C=O) groups excluding carboxylic acids is 1. The number of rotatable bonds is 4. The highest BCUT2D eigenvalue weighted by molar-refractivity contribution is 5.85. The topological polar surface area (TPSA) is 46.3 Å². The summed E-state index contributed by atoms with van der Waals surface area (Å²) in [5.41, 5.74) is 6.74. The minimum Gasteiger partial charge on any atom is -0.335 e. The fraction of sp³-hybridized carbons (Fsp3) is 0.650. The van der Waals surface area contributed by atoms with Crippen LogP contribution in [0.5, 0.6) is 0 Å². The van der Waals surface area contributed by atoms with Crippen LogP contribution in [0.2, 0.25) is 0 Å². The number of nitrogens with two attached hydrogens (primary N) is 1. The Morgan fingerprint density at radius 2 is 1.77 bits per heavy atom. The zero-order valence-electron chi connectivity index (χ0n) is 14.9. The van der Waals surface area contributed by atoms with Crippen LogP contribution in [-0.2, 0) is 11.3 Å². The molecule has 0 radical (unpaired) electrons. The van der Waals surface area contributed by atoms with E-state index in [1.165, 1.54) is 18.6 Å². The lowest BCUT2D eigenvalue weighted by molar-refractivity contribution is -0.140. The van der Waals surface area contributed by atoms with Crippen molar-refractivity contribution < 1.29 is 13.6 Å². The van der Waals surface area contributed by atoms with Crippen molar-refractivity contribution in [3.63, 3.8) is 0 Å². The van der Waals surface area contributed by atoms with Gasteiger partial charge in [-0.25, -0.2) is 8.78 Å². The van der Waals surface area contributed by atoms with Gasteiger partial charge >= 0.3 is 0 Å². The summed E-state index contributed by atoms with van der Waals surface area (Å²) in [4.78, 5) is 15.0. The van der Waals surface area contributed by atoms with Gasteiger partial charge in [-0.15, -0.1) is 12.4 Å². The van der Waals surface area contributed by atoms with E-state index in [1.54, 1.807) is 0 Å². The third-order valence-corrected chi connectivity index (χ3v) is 6.39. The van der Waals surface area contributed by atoms with Crippen LogP contribution in [-0.4, -0.2) is 22.9 Å². The standard InChI is InChI=1S/C20H26F2N2O.ClH/c21-16-5-4-14(18(22)10-16)11-24(17-6-7-17)20(25)15-8-12-2-1-3-13(9-15)19(12)23;/h4-5,10,12-13,15,17,19H,1-3,6-9,11,23H2;1H. The molecule has 4 rings (SSSR count). The molecule has 3 fully saturated rings. The zero-order chi connectivity index (χ0) is 17.6. The maximum Gasteiger partial charge on any atom is 0.226 e. The molecule has 144 valence electrons. The monoisotopic (exact) mass is 384 g/mol. The molecule has 1 aromatic rings. The highest BCUT2D eigenvalue weighted by Crippen LogP contribution is 2.43. The average Bonchev–Trinajstić information content (AvgIpc) is 3.38. The van der Waals surface area contributed by atoms with E-state index in [1.807, 2.05) is 4.90 Å². The summed E-state index contributed by atoms with van der Waals surface area (Å²) in [6.07, 6.45) is 7.16. The fourth-order valence-corrected chi connectivity index (χ4v) is 4.83. The molecular weight excluding hydrogens is 358 g/mol. The van der Waals surface area contributed by atoms with Gasteiger partial charge in [0.05, 0.1) is 0 Å². The van der Waals surface area contributed by atoms with Gasteiger partial charge in [0.15, 0.2) is 0 Å². The van der Waals surface area contributed by atoms with E-state index in [2.05, 4.69) is 0 Å². The molecule has 6 heteroatoms. The number of hydrogen-bond acceptors (Lipinski definition) is 2. The summed E-state index contributed by atoms with van der Waals surface area (Å²) in [6, 6.07) is 4.07. The first kappa shape index (κ1) is 19.6. The highest BCUT2D eigenvalue weighted by atomic mass is 35.5. The molecule has 3 aliphatic carbocycles. The molecule has 0 aliphatic heterocycles. The molecule has 1 amide bonds. The van der Waals surface area contributed by atoms with E-state index >= 15 is 0 Å². The van der Waals surface area contributed by atoms with Gasteiger partial charge < -0.3 is 10.6 Å². The first-order valence-corrected chi connectivity index (χ1v) is 9.53. The summed E-state index contributed by atoms with van der Waals surface area (Å²) in [5.74, 6) is -0.0926. The van der Waals surface area contributed by atoms with Crippen LogP contribution in [0, 0.1) is 29.4 Å². The second kappa shape index (κ2) is 7.81. The Morgan fingerprint density at radius 1 is 1.12 bits per heavy atom. The van der Waals surface area contributed by atoms with E-state index in [0.717, 1.165) is 44.6 Å². The number of amides is 1. The van der Waals surface area contributed by atoms with Crippen molar-refractivity contribution in [3.8, 4) is 0 Å². The van der Waals surface area contributed by atoms with Gasteiger partial charge in [-0.2, -0.15) is 0 Å². The van der Waals surface area contributed by atoms with Gasteiger partial charge in [0.25, 0.3) is 0 Å². The number of fused-ring (bicyclic) bond motifs is 2. The molecule has 2 unspecified atom stereocenters. The minimum atomic E-state index is -0.584. The molecular formula is C20H27ClF2N2O. The van der Waals surface area contributed by atoms with Crippen molar-refractivity contribution >= 4 is 18.3 Å². The van der Waals surface area contributed by atoms with E-state index in [9.17, 15) is 13.6 Å². The largest absolute Gasteiger partial charge is 0.335 e. The minimum absolute atomic E-state index is 0. The smallest absolute Gasteiger partial charge is 0.226 e. The Hall–Kier alpha value is -1.20. The number of halogens is 3. The van der Waals surface area contributed by atoms with Crippen molar-refractivity contribution in [1.82, 2.24) is 4.90 Å². The van der Waals surface area contributed by atoms with Gasteiger partial charge in [-0.05, 0) is 56.4 Å². The highest BCUT2D eigenvalue weighted by Gasteiger charge is 2.43. The molecule has 0 aromatic heterocycles. The first-order chi connectivity index (χ1) is 12.0. The molecule has 26 heavy (non-hydrogen) atoms. The summed E-state index contributed by atoms with van der Waals surface area (Å²) in [6.45, 7) is 0.244. The molecule has 3 nitrogen and oxygen atoms in total. The van der Waals surface area contributed by atoms with Crippen LogP contribution in [0.25, 0.3) is 0 Å². The molecule has 0 spiro atoms. The SMILES string of the molecule is Cl.NC1C2CCCC1CC(C(=O)N(Cc1ccc(F)cc1F)C1CC1)C2. The van der Waals surface area contributed by atoms with Gasteiger partial charge in [0.2, 0.25) is 5.91 Å². The fourth-order valence-electron chi connectivity index (χ4n) is 4.83. The van der Waals surface area contributed by atoms with Gasteiger partial charge in [-0.3, -0.25) is 4.79 Å². The summed E-state index contributed by atoms with van der Waals surface area (Å²) >= 11 is 0. The van der Waals surface area contributed by atoms with Crippen LogP contribution in [0.4, 0.5) is 8.78 Å². The van der Waals surface area contributed by atoms with Crippen LogP contribution < -0.4 is 5.73 Å². The van der Waals surface area contributed by atoms with Gasteiger partial charge in [-0.1, -0.05) is 12.5 Å². The second-order valence-corrected chi connectivity index (χ2v) is 8.13. The molecule has 3 saturated carbocycles. The lowest BCUT2D eigenvalue weighted by Gasteiger charge is -2.44. The third kappa shape index (κ3) is 3.89. The molecule has 0 heterocycles. The quantitative estimate of drug-likeness (QED) is 0.851. The number of carbonyl (C=O) groups is 1. The lowest BCUT2D eigenvalue weighted by Crippen LogP contribution is -2.50. The molecule has 0 saturated heterocycles. The van der Waals surface area contributed by atoms with E-state index in [-0.39, 0.29) is 42.9 Å². The summed E-state index contributed by atoms with van der Waals surface area (Å²) < 4.78 is 27.2. The van der Waals surface area contributed by atoms with Crippen molar-refractivity contribution in [2.45, 2.75) is 63.6 Å². The summed E-state index contributed by atoms with van der Waals surface area (Å²) in [7, 11) is 0. The van der Waals surface area contributed by atoms with E-state index < -0.39 is 11.6 Å². The Kier molecular flexibility index (Phi) is 5.88. The zero-order valence-corrected chi connectivity index (χ0v) is 15.7. The Morgan fingerprint density at radius 3 is 2.35 bits per heavy atom. The Bertz CT molecular complexity index is 653. The van der Waals surface area contributed by atoms with Crippen molar-refractivity contribution in [2.24, 2.45) is 23.5 Å². The van der Waals surface area contributed by atoms with E-state index in [0.29, 0.717) is 17.4 Å². The van der Waals surface area contributed by atoms with Gasteiger partial charge in [0, 0.05) is 36.2 Å². The molecule has 3 aliphatic rings. The van der Waals surface area contributed by atoms with Crippen molar-refractivity contribution in [2.75, 3.05) is 0 Å². The number of benzene rings is 1. The summed E-state index contributed by atoms with van der Waals surface area (Å²) in [5, 5.41) is 0. The Balaban J connectivity index is 0.00000196. The number of nitrogens with zero attached hydrogens (tertiary/aromatic N) is 1. The maximum atomic E-state index is 14.0. The second-order valence-electron chi connectivity index (χ2n) is 8.13. The van der Waals surface area contributed by atoms with Gasteiger partial charge in [0.1, 0.15) is 11.6 Å². The van der Waals surface area contributed by atoms with Crippen LogP contribution >= 0.6 is 12.4 Å². The van der Waals surface area contributed by atoms with Crippen LogP contribution in [0.1, 0.15) is 50.5 Å². The predicted molar refractivity (Wildman–Crippen MR) is 98.7 cm³/mol. The third-order valence-electron chi connectivity index (χ3n) is 6.39.